The van der Waals surface area contributed by atoms with Gasteiger partial charge in [0.2, 0.25) is 0 Å². The van der Waals surface area contributed by atoms with E-state index in [4.69, 9.17) is 14.2 Å². The SMILES string of the molecule is CC(C)OCC(O)C1COCCN1C(=O)OC(C)(C)C. The van der Waals surface area contributed by atoms with E-state index in [-0.39, 0.29) is 12.7 Å². The molecule has 2 atom stereocenters. The van der Waals surface area contributed by atoms with Crippen molar-refractivity contribution in [3.63, 3.8) is 0 Å². The van der Waals surface area contributed by atoms with Gasteiger partial charge in [0.1, 0.15) is 11.7 Å². The second-order valence-corrected chi connectivity index (χ2v) is 6.27. The van der Waals surface area contributed by atoms with Gasteiger partial charge in [-0.1, -0.05) is 0 Å². The summed E-state index contributed by atoms with van der Waals surface area (Å²) < 4.78 is 16.1. The van der Waals surface area contributed by atoms with Crippen LogP contribution < -0.4 is 0 Å². The largest absolute Gasteiger partial charge is 0.444 e. The third-order valence-electron chi connectivity index (χ3n) is 2.84. The van der Waals surface area contributed by atoms with E-state index in [0.717, 1.165) is 0 Å². The molecule has 20 heavy (non-hydrogen) atoms. The van der Waals surface area contributed by atoms with E-state index in [0.29, 0.717) is 19.8 Å². The number of ether oxygens (including phenoxy) is 3. The van der Waals surface area contributed by atoms with Crippen molar-refractivity contribution in [3.8, 4) is 0 Å². The first-order valence-electron chi connectivity index (χ1n) is 7.07. The Hall–Kier alpha value is -0.850. The van der Waals surface area contributed by atoms with E-state index in [1.165, 1.54) is 4.90 Å². The highest BCUT2D eigenvalue weighted by atomic mass is 16.6. The van der Waals surface area contributed by atoms with Gasteiger partial charge in [0.05, 0.1) is 32.0 Å². The molecule has 1 aliphatic heterocycles. The second-order valence-electron chi connectivity index (χ2n) is 6.27. The zero-order chi connectivity index (χ0) is 15.3. The standard InChI is InChI=1S/C14H27NO5/c1-10(2)19-9-12(16)11-8-18-7-6-15(11)13(17)20-14(3,4)5/h10-12,16H,6-9H2,1-5H3. The molecule has 1 fully saturated rings. The molecule has 1 rings (SSSR count). The fourth-order valence-corrected chi connectivity index (χ4v) is 1.89. The lowest BCUT2D eigenvalue weighted by molar-refractivity contribution is -0.0899. The van der Waals surface area contributed by atoms with Crippen molar-refractivity contribution in [2.75, 3.05) is 26.4 Å². The van der Waals surface area contributed by atoms with Crippen molar-refractivity contribution in [1.29, 1.82) is 0 Å². The summed E-state index contributed by atoms with van der Waals surface area (Å²) in [4.78, 5) is 13.7. The highest BCUT2D eigenvalue weighted by Gasteiger charge is 2.35. The number of hydrogen-bond donors (Lipinski definition) is 1. The quantitative estimate of drug-likeness (QED) is 0.847. The topological polar surface area (TPSA) is 68.2 Å². The van der Waals surface area contributed by atoms with Gasteiger partial charge in [-0.2, -0.15) is 0 Å². The van der Waals surface area contributed by atoms with Crippen molar-refractivity contribution in [2.24, 2.45) is 0 Å². The Morgan fingerprint density at radius 2 is 2.10 bits per heavy atom. The molecule has 6 nitrogen and oxygen atoms in total. The zero-order valence-electron chi connectivity index (χ0n) is 13.1. The van der Waals surface area contributed by atoms with Crippen LogP contribution in [0, 0.1) is 0 Å². The second kappa shape index (κ2) is 7.24. The van der Waals surface area contributed by atoms with E-state index < -0.39 is 23.8 Å². The van der Waals surface area contributed by atoms with Crippen molar-refractivity contribution in [3.05, 3.63) is 0 Å². The maximum atomic E-state index is 12.2. The maximum Gasteiger partial charge on any atom is 0.410 e. The van der Waals surface area contributed by atoms with Crippen LogP contribution >= 0.6 is 0 Å². The smallest absolute Gasteiger partial charge is 0.410 e. The molecule has 0 saturated carbocycles. The number of aliphatic hydroxyl groups excluding tert-OH is 1. The summed E-state index contributed by atoms with van der Waals surface area (Å²) in [6.45, 7) is 10.6. The molecular formula is C14H27NO5. The number of nitrogens with zero attached hydrogens (tertiary/aromatic N) is 1. The van der Waals surface area contributed by atoms with Gasteiger partial charge in [0, 0.05) is 6.54 Å². The lowest BCUT2D eigenvalue weighted by atomic mass is 10.1. The summed E-state index contributed by atoms with van der Waals surface area (Å²) in [5, 5.41) is 10.2. The molecule has 0 bridgehead atoms. The minimum atomic E-state index is -0.787. The number of amides is 1. The van der Waals surface area contributed by atoms with Gasteiger partial charge in [-0.15, -0.1) is 0 Å². The molecule has 1 saturated heterocycles. The molecule has 1 amide bonds. The summed E-state index contributed by atoms with van der Waals surface area (Å²) in [5.74, 6) is 0. The van der Waals surface area contributed by atoms with E-state index in [2.05, 4.69) is 0 Å². The average molecular weight is 289 g/mol. The van der Waals surface area contributed by atoms with Crippen LogP contribution in [0.2, 0.25) is 0 Å². The van der Waals surface area contributed by atoms with Crippen LogP contribution in [0.25, 0.3) is 0 Å². The zero-order valence-corrected chi connectivity index (χ0v) is 13.1. The summed E-state index contributed by atoms with van der Waals surface area (Å²) in [6.07, 6.45) is -1.18. The molecule has 0 spiro atoms. The van der Waals surface area contributed by atoms with Crippen LogP contribution in [0.5, 0.6) is 0 Å². The Morgan fingerprint density at radius 1 is 1.45 bits per heavy atom. The predicted octanol–water partition coefficient (Wildman–Crippen LogP) is 1.41. The van der Waals surface area contributed by atoms with Gasteiger partial charge in [0.15, 0.2) is 0 Å². The third kappa shape index (κ3) is 5.64. The maximum absolute atomic E-state index is 12.2. The Labute approximate surface area is 121 Å². The van der Waals surface area contributed by atoms with E-state index in [9.17, 15) is 9.90 Å². The molecular weight excluding hydrogens is 262 g/mol. The first-order chi connectivity index (χ1) is 9.20. The highest BCUT2D eigenvalue weighted by molar-refractivity contribution is 5.68. The fourth-order valence-electron chi connectivity index (χ4n) is 1.89. The molecule has 0 radical (unpaired) electrons. The Bertz CT molecular complexity index is 313. The first-order valence-corrected chi connectivity index (χ1v) is 7.07. The van der Waals surface area contributed by atoms with Crippen molar-refractivity contribution < 1.29 is 24.1 Å². The van der Waals surface area contributed by atoms with Gasteiger partial charge >= 0.3 is 6.09 Å². The lowest BCUT2D eigenvalue weighted by Crippen LogP contribution is -2.56. The number of aliphatic hydroxyl groups is 1. The van der Waals surface area contributed by atoms with E-state index in [1.807, 2.05) is 34.6 Å². The molecule has 118 valence electrons. The van der Waals surface area contributed by atoms with Crippen LogP contribution in [-0.2, 0) is 14.2 Å². The normalized spacial score (nSPS) is 21.9. The fraction of sp³-hybridized carbons (Fsp3) is 0.929. The summed E-state index contributed by atoms with van der Waals surface area (Å²) in [5.41, 5.74) is -0.556. The van der Waals surface area contributed by atoms with Gasteiger partial charge in [-0.3, -0.25) is 4.90 Å². The predicted molar refractivity (Wildman–Crippen MR) is 74.6 cm³/mol. The van der Waals surface area contributed by atoms with Gasteiger partial charge in [0.25, 0.3) is 0 Å². The number of carbonyl (C=O) groups is 1. The number of carbonyl (C=O) groups excluding carboxylic acids is 1. The van der Waals surface area contributed by atoms with Crippen LogP contribution in [-0.4, -0.2) is 66.3 Å². The number of rotatable bonds is 4. The summed E-state index contributed by atoms with van der Waals surface area (Å²) in [7, 11) is 0. The Balaban J connectivity index is 2.63. The molecule has 1 N–H and O–H groups in total. The minimum Gasteiger partial charge on any atom is -0.444 e. The van der Waals surface area contributed by atoms with Gasteiger partial charge in [-0.05, 0) is 34.6 Å². The summed E-state index contributed by atoms with van der Waals surface area (Å²) >= 11 is 0. The average Bonchev–Trinajstić information content (AvgIpc) is 2.33. The van der Waals surface area contributed by atoms with Crippen LogP contribution in [0.3, 0.4) is 0 Å². The van der Waals surface area contributed by atoms with Crippen molar-refractivity contribution in [1.82, 2.24) is 4.90 Å². The molecule has 0 aromatic rings. The van der Waals surface area contributed by atoms with Crippen molar-refractivity contribution >= 4 is 6.09 Å². The van der Waals surface area contributed by atoms with Crippen LogP contribution in [0.15, 0.2) is 0 Å². The van der Waals surface area contributed by atoms with Crippen molar-refractivity contribution in [2.45, 2.75) is 58.5 Å². The minimum absolute atomic E-state index is 0.0316. The molecule has 0 aromatic heterocycles. The molecule has 2 unspecified atom stereocenters. The number of morpholine rings is 1. The molecule has 1 heterocycles. The van der Waals surface area contributed by atoms with Crippen LogP contribution in [0.1, 0.15) is 34.6 Å². The lowest BCUT2D eigenvalue weighted by Gasteiger charge is -2.38. The van der Waals surface area contributed by atoms with Crippen LogP contribution in [0.4, 0.5) is 4.79 Å². The third-order valence-corrected chi connectivity index (χ3v) is 2.84. The van der Waals surface area contributed by atoms with E-state index in [1.54, 1.807) is 0 Å². The van der Waals surface area contributed by atoms with Gasteiger partial charge < -0.3 is 19.3 Å². The molecule has 0 aliphatic carbocycles. The highest BCUT2D eigenvalue weighted by Crippen LogP contribution is 2.17. The molecule has 0 aromatic carbocycles. The molecule has 1 aliphatic rings. The monoisotopic (exact) mass is 289 g/mol. The van der Waals surface area contributed by atoms with Gasteiger partial charge in [-0.25, -0.2) is 4.79 Å². The summed E-state index contributed by atoms with van der Waals surface area (Å²) in [6, 6.07) is -0.433. The number of hydrogen-bond acceptors (Lipinski definition) is 5. The first kappa shape index (κ1) is 17.2. The Morgan fingerprint density at radius 3 is 2.65 bits per heavy atom. The van der Waals surface area contributed by atoms with E-state index >= 15 is 0 Å². The Kier molecular flexibility index (Phi) is 6.23. The molecule has 6 heteroatoms.